The standard InChI is InChI=1S/C65H119N2O6P/c1-6-8-10-12-14-16-18-20-22-24-26-28-30-31-32-33-34-35-37-38-40-42-44-46-48-50-52-54-56-58-64(68)63(62-73-74(70,71)72-61-60-67(3,4)5)66-65(69)59-57-55-53-51-49-47-45-43-41-39-36-29-27-25-23-21-19-17-15-13-11-9-7-2/h9,11,15,17,21,23,27,29,39,41,48,50,56,58,63-64,68H,6-8,10,12-14,16,18-20,22,24-26,28,30-38,40,42-47,49,51-55,57,59-62H2,1-5H3,(H-,66,69,70,71)/p+1/b11-9-,17-15-,23-21-,29-27-,41-39-,50-48+,58-56+. The molecule has 0 aliphatic rings. The van der Waals surface area contributed by atoms with E-state index in [1.165, 1.54) is 167 Å². The van der Waals surface area contributed by atoms with Crippen molar-refractivity contribution >= 4 is 13.7 Å². The molecular formula is C65H120N2O6P+. The van der Waals surface area contributed by atoms with E-state index in [1.54, 1.807) is 6.08 Å². The van der Waals surface area contributed by atoms with Gasteiger partial charge in [0.05, 0.1) is 39.9 Å². The van der Waals surface area contributed by atoms with Gasteiger partial charge in [-0.25, -0.2) is 4.57 Å². The first kappa shape index (κ1) is 71.7. The molecule has 0 aromatic carbocycles. The van der Waals surface area contributed by atoms with Gasteiger partial charge in [-0.3, -0.25) is 13.8 Å². The first-order valence-electron chi connectivity index (χ1n) is 31.0. The molecule has 3 unspecified atom stereocenters. The van der Waals surface area contributed by atoms with E-state index >= 15 is 0 Å². The molecule has 0 spiro atoms. The van der Waals surface area contributed by atoms with Crippen LogP contribution in [0.3, 0.4) is 0 Å². The number of amides is 1. The second kappa shape index (κ2) is 55.4. The van der Waals surface area contributed by atoms with Gasteiger partial charge in [0, 0.05) is 6.42 Å². The molecule has 0 heterocycles. The molecule has 0 saturated heterocycles. The lowest BCUT2D eigenvalue weighted by molar-refractivity contribution is -0.870. The summed E-state index contributed by atoms with van der Waals surface area (Å²) >= 11 is 0. The molecule has 3 atom stereocenters. The van der Waals surface area contributed by atoms with Gasteiger partial charge in [0.25, 0.3) is 0 Å². The Morgan fingerprint density at radius 1 is 0.473 bits per heavy atom. The highest BCUT2D eigenvalue weighted by Gasteiger charge is 2.27. The molecule has 74 heavy (non-hydrogen) atoms. The maximum Gasteiger partial charge on any atom is 0.472 e. The van der Waals surface area contributed by atoms with Gasteiger partial charge in [0.15, 0.2) is 0 Å². The summed E-state index contributed by atoms with van der Waals surface area (Å²) in [7, 11) is 1.54. The van der Waals surface area contributed by atoms with Crippen LogP contribution in [0.5, 0.6) is 0 Å². The van der Waals surface area contributed by atoms with Gasteiger partial charge in [-0.05, 0) is 77.0 Å². The Labute approximate surface area is 458 Å². The fourth-order valence-corrected chi connectivity index (χ4v) is 9.53. The van der Waals surface area contributed by atoms with E-state index in [0.717, 1.165) is 83.5 Å². The Kier molecular flexibility index (Phi) is 53.7. The predicted molar refractivity (Wildman–Crippen MR) is 323 cm³/mol. The Balaban J connectivity index is 4.23. The molecule has 9 heteroatoms. The van der Waals surface area contributed by atoms with Crippen LogP contribution in [0.2, 0.25) is 0 Å². The number of allylic oxidation sites excluding steroid dienone is 13. The first-order chi connectivity index (χ1) is 36.0. The number of phosphoric acid groups is 1. The smallest absolute Gasteiger partial charge is 0.387 e. The molecule has 0 radical (unpaired) electrons. The van der Waals surface area contributed by atoms with Crippen LogP contribution >= 0.6 is 7.82 Å². The molecule has 0 bridgehead atoms. The van der Waals surface area contributed by atoms with Crippen molar-refractivity contribution in [3.63, 3.8) is 0 Å². The molecule has 0 rings (SSSR count). The topological polar surface area (TPSA) is 105 Å². The number of hydrogen-bond donors (Lipinski definition) is 3. The van der Waals surface area contributed by atoms with Crippen LogP contribution < -0.4 is 5.32 Å². The van der Waals surface area contributed by atoms with E-state index in [1.807, 2.05) is 27.2 Å². The van der Waals surface area contributed by atoms with Crippen molar-refractivity contribution < 1.29 is 32.9 Å². The van der Waals surface area contributed by atoms with Gasteiger partial charge in [0.1, 0.15) is 13.2 Å². The fourth-order valence-electron chi connectivity index (χ4n) is 8.79. The zero-order valence-corrected chi connectivity index (χ0v) is 50.0. The summed E-state index contributed by atoms with van der Waals surface area (Å²) < 4.78 is 23.7. The van der Waals surface area contributed by atoms with E-state index in [4.69, 9.17) is 9.05 Å². The quantitative estimate of drug-likeness (QED) is 0.0243. The number of aliphatic hydroxyl groups excluding tert-OH is 1. The van der Waals surface area contributed by atoms with Crippen molar-refractivity contribution in [2.75, 3.05) is 40.9 Å². The van der Waals surface area contributed by atoms with Crippen molar-refractivity contribution in [2.24, 2.45) is 0 Å². The number of phosphoric ester groups is 1. The normalized spacial score (nSPS) is 14.4. The van der Waals surface area contributed by atoms with E-state index in [-0.39, 0.29) is 19.1 Å². The number of carbonyl (C=O) groups excluding carboxylic acids is 1. The van der Waals surface area contributed by atoms with Crippen LogP contribution in [-0.2, 0) is 18.4 Å². The Morgan fingerprint density at radius 3 is 1.24 bits per heavy atom. The second-order valence-corrected chi connectivity index (χ2v) is 23.5. The third-order valence-electron chi connectivity index (χ3n) is 13.6. The van der Waals surface area contributed by atoms with Crippen LogP contribution in [0, 0.1) is 0 Å². The number of unbranched alkanes of at least 4 members (excludes halogenated alkanes) is 31. The van der Waals surface area contributed by atoms with Crippen LogP contribution in [0.1, 0.15) is 271 Å². The molecule has 8 nitrogen and oxygen atoms in total. The van der Waals surface area contributed by atoms with Crippen LogP contribution in [0.25, 0.3) is 0 Å². The second-order valence-electron chi connectivity index (χ2n) is 22.0. The molecular weight excluding hydrogens is 936 g/mol. The summed E-state index contributed by atoms with van der Waals surface area (Å²) in [6.45, 7) is 4.69. The van der Waals surface area contributed by atoms with Gasteiger partial charge >= 0.3 is 7.82 Å². The molecule has 0 aliphatic heterocycles. The average molecular weight is 1060 g/mol. The summed E-state index contributed by atoms with van der Waals surface area (Å²) in [5.74, 6) is -0.199. The number of aliphatic hydroxyl groups is 1. The molecule has 0 aromatic rings. The molecule has 430 valence electrons. The molecule has 0 saturated carbocycles. The fraction of sp³-hybridized carbons (Fsp3) is 0.769. The highest BCUT2D eigenvalue weighted by atomic mass is 31.2. The molecule has 0 aliphatic carbocycles. The molecule has 1 amide bonds. The van der Waals surface area contributed by atoms with Crippen molar-refractivity contribution in [3.05, 3.63) is 85.1 Å². The lowest BCUT2D eigenvalue weighted by Gasteiger charge is -2.25. The van der Waals surface area contributed by atoms with Crippen molar-refractivity contribution in [1.29, 1.82) is 0 Å². The van der Waals surface area contributed by atoms with E-state index < -0.39 is 20.0 Å². The predicted octanol–water partition coefficient (Wildman–Crippen LogP) is 19.2. The molecule has 0 fully saturated rings. The average Bonchev–Trinajstić information content (AvgIpc) is 3.36. The van der Waals surface area contributed by atoms with Gasteiger partial charge in [-0.1, -0.05) is 272 Å². The molecule has 3 N–H and O–H groups in total. The minimum absolute atomic E-state index is 0.0498. The number of nitrogens with zero attached hydrogens (tertiary/aromatic N) is 1. The van der Waals surface area contributed by atoms with E-state index in [9.17, 15) is 19.4 Å². The lowest BCUT2D eigenvalue weighted by atomic mass is 10.0. The number of carbonyl (C=O) groups is 1. The summed E-state index contributed by atoms with van der Waals surface area (Å²) in [5, 5.41) is 13.9. The van der Waals surface area contributed by atoms with Gasteiger partial charge in [-0.2, -0.15) is 0 Å². The number of hydrogen-bond acceptors (Lipinski definition) is 5. The Bertz CT molecular complexity index is 1480. The Morgan fingerprint density at radius 2 is 0.824 bits per heavy atom. The van der Waals surface area contributed by atoms with E-state index in [2.05, 4.69) is 92.1 Å². The SMILES string of the molecule is CC/C=C\C/C=C\C/C=C\C/C=C\C/C=C\CCCCCCCCCC(=O)NC(COP(=O)(O)OCC[N+](C)(C)C)C(O)/C=C/CC/C=C/CCCCCCCCCCCCCCCCCCCCCCCCC. The first-order valence-corrected chi connectivity index (χ1v) is 32.5. The number of nitrogens with one attached hydrogen (secondary N) is 1. The summed E-state index contributed by atoms with van der Waals surface area (Å²) in [6.07, 6.45) is 78.5. The van der Waals surface area contributed by atoms with Crippen molar-refractivity contribution in [2.45, 2.75) is 283 Å². The van der Waals surface area contributed by atoms with Crippen LogP contribution in [-0.4, -0.2) is 73.4 Å². The van der Waals surface area contributed by atoms with Crippen molar-refractivity contribution in [1.82, 2.24) is 5.32 Å². The van der Waals surface area contributed by atoms with E-state index in [0.29, 0.717) is 17.4 Å². The van der Waals surface area contributed by atoms with Crippen LogP contribution in [0.4, 0.5) is 0 Å². The van der Waals surface area contributed by atoms with Gasteiger partial charge in [-0.15, -0.1) is 0 Å². The lowest BCUT2D eigenvalue weighted by Crippen LogP contribution is -2.45. The zero-order valence-electron chi connectivity index (χ0n) is 49.1. The maximum absolute atomic E-state index is 13.0. The number of rotatable bonds is 56. The third-order valence-corrected chi connectivity index (χ3v) is 14.6. The van der Waals surface area contributed by atoms with Crippen molar-refractivity contribution in [3.8, 4) is 0 Å². The summed E-state index contributed by atoms with van der Waals surface area (Å²) in [5.41, 5.74) is 0. The van der Waals surface area contributed by atoms with Crippen LogP contribution in [0.15, 0.2) is 85.1 Å². The highest BCUT2D eigenvalue weighted by Crippen LogP contribution is 2.43. The summed E-state index contributed by atoms with van der Waals surface area (Å²) in [6, 6.07) is -0.876. The minimum atomic E-state index is -4.37. The van der Waals surface area contributed by atoms with Gasteiger partial charge < -0.3 is 19.8 Å². The zero-order chi connectivity index (χ0) is 54.2. The number of likely N-dealkylation sites (N-methyl/N-ethyl adjacent to an activating group) is 1. The van der Waals surface area contributed by atoms with Gasteiger partial charge in [0.2, 0.25) is 5.91 Å². The monoisotopic (exact) mass is 1060 g/mol. The number of quaternary nitrogens is 1. The minimum Gasteiger partial charge on any atom is -0.387 e. The Hall–Kier alpha value is -2.32. The maximum atomic E-state index is 13.0. The molecule has 0 aromatic heterocycles. The summed E-state index contributed by atoms with van der Waals surface area (Å²) in [4.78, 5) is 23.3. The third kappa shape index (κ3) is 57.4. The largest absolute Gasteiger partial charge is 0.472 e. The highest BCUT2D eigenvalue weighted by molar-refractivity contribution is 7.47.